The fourth-order valence-electron chi connectivity index (χ4n) is 2.35. The van der Waals surface area contributed by atoms with Crippen molar-refractivity contribution in [2.75, 3.05) is 13.7 Å². The molecule has 4 heteroatoms. The molecule has 0 amide bonds. The first-order valence-corrected chi connectivity index (χ1v) is 7.72. The molecule has 2 nitrogen and oxygen atoms in total. The van der Waals surface area contributed by atoms with Crippen molar-refractivity contribution in [2.24, 2.45) is 0 Å². The summed E-state index contributed by atoms with van der Waals surface area (Å²) in [6.07, 6.45) is 0.951. The Hall–Kier alpha value is -1.39. The first-order chi connectivity index (χ1) is 9.72. The van der Waals surface area contributed by atoms with E-state index in [-0.39, 0.29) is 11.9 Å². The van der Waals surface area contributed by atoms with Crippen LogP contribution in [0.4, 0.5) is 4.39 Å². The van der Waals surface area contributed by atoms with Crippen LogP contribution in [0.15, 0.2) is 29.6 Å². The summed E-state index contributed by atoms with van der Waals surface area (Å²) in [5.74, 6) is 0.0106. The van der Waals surface area contributed by atoms with E-state index in [4.69, 9.17) is 4.74 Å². The number of nitrogens with one attached hydrogen (secondary N) is 1. The molecular formula is C16H20FNOS. The van der Waals surface area contributed by atoms with E-state index in [1.54, 1.807) is 17.4 Å². The molecule has 0 fully saturated rings. The van der Waals surface area contributed by atoms with Crippen LogP contribution in [0, 0.1) is 5.82 Å². The highest BCUT2D eigenvalue weighted by Gasteiger charge is 2.22. The molecule has 0 saturated heterocycles. The molecule has 1 N–H and O–H groups in total. The molecule has 0 aliphatic carbocycles. The number of halogens is 1. The van der Waals surface area contributed by atoms with E-state index < -0.39 is 0 Å². The predicted molar refractivity (Wildman–Crippen MR) is 82.2 cm³/mol. The normalized spacial score (nSPS) is 12.4. The fourth-order valence-corrected chi connectivity index (χ4v) is 3.44. The quantitative estimate of drug-likeness (QED) is 0.863. The molecule has 0 bridgehead atoms. The van der Waals surface area contributed by atoms with Crippen molar-refractivity contribution < 1.29 is 9.13 Å². The van der Waals surface area contributed by atoms with Gasteiger partial charge in [-0.15, -0.1) is 11.3 Å². The number of ether oxygens (including phenoxy) is 1. The first kappa shape index (κ1) is 15.0. The van der Waals surface area contributed by atoms with Gasteiger partial charge in [-0.2, -0.15) is 0 Å². The number of thiophene rings is 1. The van der Waals surface area contributed by atoms with Crippen LogP contribution in [0.1, 0.15) is 35.9 Å². The van der Waals surface area contributed by atoms with Gasteiger partial charge < -0.3 is 10.1 Å². The van der Waals surface area contributed by atoms with Gasteiger partial charge in [-0.1, -0.05) is 26.0 Å². The second kappa shape index (κ2) is 6.86. The summed E-state index contributed by atoms with van der Waals surface area (Å²) in [4.78, 5) is 1.18. The third-order valence-corrected chi connectivity index (χ3v) is 4.38. The molecule has 108 valence electrons. The van der Waals surface area contributed by atoms with Gasteiger partial charge in [0.05, 0.1) is 13.2 Å². The van der Waals surface area contributed by atoms with Gasteiger partial charge in [-0.3, -0.25) is 0 Å². The molecule has 1 unspecified atom stereocenters. The number of benzene rings is 1. The predicted octanol–water partition coefficient (Wildman–Crippen LogP) is 4.16. The van der Waals surface area contributed by atoms with Crippen LogP contribution in [0.25, 0.3) is 0 Å². The van der Waals surface area contributed by atoms with E-state index in [0.29, 0.717) is 11.3 Å². The Morgan fingerprint density at radius 3 is 2.75 bits per heavy atom. The topological polar surface area (TPSA) is 21.3 Å². The van der Waals surface area contributed by atoms with Crippen LogP contribution >= 0.6 is 11.3 Å². The van der Waals surface area contributed by atoms with Crippen molar-refractivity contribution in [1.29, 1.82) is 0 Å². The van der Waals surface area contributed by atoms with E-state index in [1.807, 2.05) is 19.1 Å². The van der Waals surface area contributed by atoms with Gasteiger partial charge >= 0.3 is 0 Å². The molecule has 1 aromatic heterocycles. The van der Waals surface area contributed by atoms with Gasteiger partial charge in [0.1, 0.15) is 0 Å². The van der Waals surface area contributed by atoms with Crippen molar-refractivity contribution in [3.8, 4) is 5.75 Å². The second-order valence-corrected chi connectivity index (χ2v) is 5.47. The van der Waals surface area contributed by atoms with Crippen molar-refractivity contribution in [3.05, 3.63) is 51.5 Å². The van der Waals surface area contributed by atoms with Gasteiger partial charge in [0, 0.05) is 10.4 Å². The van der Waals surface area contributed by atoms with Crippen LogP contribution in [-0.4, -0.2) is 13.7 Å². The Bertz CT molecular complexity index is 567. The molecule has 1 heterocycles. The average Bonchev–Trinajstić information content (AvgIpc) is 2.93. The van der Waals surface area contributed by atoms with Crippen molar-refractivity contribution in [1.82, 2.24) is 5.32 Å². The van der Waals surface area contributed by atoms with Crippen LogP contribution < -0.4 is 10.1 Å². The van der Waals surface area contributed by atoms with Crippen LogP contribution in [-0.2, 0) is 6.42 Å². The second-order valence-electron chi connectivity index (χ2n) is 4.52. The third-order valence-electron chi connectivity index (χ3n) is 3.36. The zero-order valence-corrected chi connectivity index (χ0v) is 12.9. The Balaban J connectivity index is 2.49. The summed E-state index contributed by atoms with van der Waals surface area (Å²) in [5.41, 5.74) is 1.91. The third kappa shape index (κ3) is 2.86. The number of hydrogen-bond donors (Lipinski definition) is 1. The number of rotatable bonds is 6. The molecule has 2 aromatic rings. The summed E-state index contributed by atoms with van der Waals surface area (Å²) in [5, 5.41) is 5.45. The minimum Gasteiger partial charge on any atom is -0.494 e. The summed E-state index contributed by atoms with van der Waals surface area (Å²) < 4.78 is 19.6. The van der Waals surface area contributed by atoms with E-state index in [0.717, 1.165) is 13.0 Å². The summed E-state index contributed by atoms with van der Waals surface area (Å²) in [6, 6.07) is 7.30. The molecule has 0 aliphatic heterocycles. The number of hydrogen-bond acceptors (Lipinski definition) is 3. The lowest BCUT2D eigenvalue weighted by molar-refractivity contribution is 0.382. The highest BCUT2D eigenvalue weighted by molar-refractivity contribution is 7.10. The fraction of sp³-hybridized carbons (Fsp3) is 0.375. The molecule has 0 spiro atoms. The van der Waals surface area contributed by atoms with Crippen LogP contribution in [0.2, 0.25) is 0 Å². The number of aryl methyl sites for hydroxylation is 1. The highest BCUT2D eigenvalue weighted by atomic mass is 32.1. The lowest BCUT2D eigenvalue weighted by atomic mass is 10.0. The van der Waals surface area contributed by atoms with E-state index >= 15 is 0 Å². The first-order valence-electron chi connectivity index (χ1n) is 6.84. The minimum atomic E-state index is -0.281. The van der Waals surface area contributed by atoms with Crippen LogP contribution in [0.3, 0.4) is 0 Å². The van der Waals surface area contributed by atoms with Gasteiger partial charge in [-0.25, -0.2) is 4.39 Å². The molecule has 2 rings (SSSR count). The maximum Gasteiger partial charge on any atom is 0.170 e. The Morgan fingerprint density at radius 2 is 2.10 bits per heavy atom. The average molecular weight is 293 g/mol. The molecule has 20 heavy (non-hydrogen) atoms. The Labute approximate surface area is 123 Å². The SMILES string of the molecule is CCNC(c1cccc(OC)c1F)c1sccc1CC. The standard InChI is InChI=1S/C16H20FNOS/c1-4-11-9-10-20-16(11)15(18-5-2)12-7-6-8-13(19-3)14(12)17/h6-10,15,18H,4-5H2,1-3H3. The maximum atomic E-state index is 14.5. The van der Waals surface area contributed by atoms with Crippen molar-refractivity contribution in [2.45, 2.75) is 26.3 Å². The van der Waals surface area contributed by atoms with Gasteiger partial charge in [-0.05, 0) is 36.0 Å². The molecular weight excluding hydrogens is 273 g/mol. The lowest BCUT2D eigenvalue weighted by Gasteiger charge is -2.20. The molecule has 1 atom stereocenters. The summed E-state index contributed by atoms with van der Waals surface area (Å²) in [7, 11) is 1.49. The zero-order valence-electron chi connectivity index (χ0n) is 12.1. The number of methoxy groups -OCH3 is 1. The summed E-state index contributed by atoms with van der Waals surface area (Å²) >= 11 is 1.67. The van der Waals surface area contributed by atoms with Gasteiger partial charge in [0.2, 0.25) is 0 Å². The van der Waals surface area contributed by atoms with E-state index in [9.17, 15) is 4.39 Å². The highest BCUT2D eigenvalue weighted by Crippen LogP contribution is 2.34. The van der Waals surface area contributed by atoms with Gasteiger partial charge in [0.25, 0.3) is 0 Å². The molecule has 0 saturated carbocycles. The van der Waals surface area contributed by atoms with Gasteiger partial charge in [0.15, 0.2) is 11.6 Å². The smallest absolute Gasteiger partial charge is 0.170 e. The Kier molecular flexibility index (Phi) is 5.15. The minimum absolute atomic E-state index is 0.120. The maximum absolute atomic E-state index is 14.5. The van der Waals surface area contributed by atoms with Crippen LogP contribution in [0.5, 0.6) is 5.75 Å². The molecule has 0 radical (unpaired) electrons. The monoisotopic (exact) mass is 293 g/mol. The molecule has 0 aliphatic rings. The molecule has 1 aromatic carbocycles. The Morgan fingerprint density at radius 1 is 1.30 bits per heavy atom. The lowest BCUT2D eigenvalue weighted by Crippen LogP contribution is -2.23. The summed E-state index contributed by atoms with van der Waals surface area (Å²) in [6.45, 7) is 4.93. The van der Waals surface area contributed by atoms with Crippen molar-refractivity contribution >= 4 is 11.3 Å². The van der Waals surface area contributed by atoms with E-state index in [2.05, 4.69) is 23.7 Å². The van der Waals surface area contributed by atoms with E-state index in [1.165, 1.54) is 17.6 Å². The largest absolute Gasteiger partial charge is 0.494 e. The zero-order chi connectivity index (χ0) is 14.5. The van der Waals surface area contributed by atoms with Crippen molar-refractivity contribution in [3.63, 3.8) is 0 Å².